The van der Waals surface area contributed by atoms with Gasteiger partial charge < -0.3 is 30.0 Å². The Morgan fingerprint density at radius 2 is 1.71 bits per heavy atom. The van der Waals surface area contributed by atoms with E-state index in [1.165, 1.54) is 4.68 Å². The molecule has 3 heterocycles. The predicted molar refractivity (Wildman–Crippen MR) is 205 cm³/mol. The second kappa shape index (κ2) is 16.1. The van der Waals surface area contributed by atoms with Gasteiger partial charge in [0.15, 0.2) is 0 Å². The van der Waals surface area contributed by atoms with Crippen molar-refractivity contribution in [3.05, 3.63) is 54.2 Å². The summed E-state index contributed by atoms with van der Waals surface area (Å²) in [5.41, 5.74) is 2.16. The lowest BCUT2D eigenvalue weighted by atomic mass is 9.75. The molecule has 55 heavy (non-hydrogen) atoms. The van der Waals surface area contributed by atoms with Gasteiger partial charge in [-0.05, 0) is 133 Å². The van der Waals surface area contributed by atoms with Crippen LogP contribution in [0.1, 0.15) is 89.0 Å². The van der Waals surface area contributed by atoms with E-state index in [-0.39, 0.29) is 47.5 Å². The van der Waals surface area contributed by atoms with Gasteiger partial charge in [0.2, 0.25) is 11.8 Å². The Morgan fingerprint density at radius 1 is 0.964 bits per heavy atom. The minimum absolute atomic E-state index is 0.00441. The number of amides is 3. The van der Waals surface area contributed by atoms with Crippen LogP contribution >= 0.6 is 0 Å². The van der Waals surface area contributed by atoms with E-state index >= 15 is 0 Å². The van der Waals surface area contributed by atoms with Gasteiger partial charge in [0.1, 0.15) is 29.5 Å². The van der Waals surface area contributed by atoms with E-state index in [9.17, 15) is 23.6 Å². The van der Waals surface area contributed by atoms with Crippen LogP contribution in [0.3, 0.4) is 0 Å². The van der Waals surface area contributed by atoms with Crippen molar-refractivity contribution in [2.24, 2.45) is 23.7 Å². The number of methoxy groups -OCH3 is 1. The third-order valence-corrected chi connectivity index (χ3v) is 11.9. The number of nitrogens with one attached hydrogen (secondary N) is 3. The van der Waals surface area contributed by atoms with Crippen LogP contribution in [0.2, 0.25) is 0 Å². The molecule has 3 amide bonds. The fourth-order valence-electron chi connectivity index (χ4n) is 9.06. The number of alkyl halides is 1. The highest BCUT2D eigenvalue weighted by atomic mass is 19.1. The zero-order valence-corrected chi connectivity index (χ0v) is 32.1. The number of carbonyl (C=O) groups excluding carboxylic acids is 4. The number of hydrogen-bond acceptors (Lipinski definition) is 8. The van der Waals surface area contributed by atoms with Crippen molar-refractivity contribution in [3.8, 4) is 0 Å². The number of fused-ring (bicyclic) bond motifs is 2. The number of aromatic amines is 1. The molecule has 0 bridgehead atoms. The van der Waals surface area contributed by atoms with Gasteiger partial charge in [-0.2, -0.15) is 4.68 Å². The minimum atomic E-state index is -0.713. The summed E-state index contributed by atoms with van der Waals surface area (Å²) in [7, 11) is 1.74. The first-order valence-electron chi connectivity index (χ1n) is 19.6. The van der Waals surface area contributed by atoms with Gasteiger partial charge in [0.25, 0.3) is 5.91 Å². The molecule has 2 saturated carbocycles. The van der Waals surface area contributed by atoms with Gasteiger partial charge in [-0.1, -0.05) is 17.3 Å². The summed E-state index contributed by atoms with van der Waals surface area (Å²) in [6, 6.07) is 13.1. The van der Waals surface area contributed by atoms with Gasteiger partial charge in [0.05, 0.1) is 17.7 Å². The van der Waals surface area contributed by atoms with Crippen molar-refractivity contribution in [1.82, 2.24) is 30.2 Å². The molecule has 3 fully saturated rings. The summed E-state index contributed by atoms with van der Waals surface area (Å²) >= 11 is 0. The summed E-state index contributed by atoms with van der Waals surface area (Å²) in [5, 5.41) is 14.7. The number of aromatic nitrogens is 4. The fraction of sp³-hybridized carbons (Fsp3) is 0.561. The topological polar surface area (TPSA) is 161 Å². The standard InChI is InChI=1S/C41H52FN7O6/c1-41(2,3)55-40(53)45-34(23-42)25-9-11-26(12-10-25)38(51)48-20-19-30(24-13-16-29(54-4)17-14-24)36(48)37(50)43-28-15-18-31-27(21-28)22-33(44-31)39(52)49-35-8-6-5-7-32(35)46-47-49/h5-8,15,18,21-22,24-26,29-30,34,36,44H,9-14,16-17,19-20,23H2,1-4H3,(H,43,50)(H,45,53)/t24-,25-,26-,29-,30-,34+,36-/m0/s1. The molecule has 0 spiro atoms. The molecule has 4 aromatic rings. The molecule has 0 radical (unpaired) electrons. The quantitative estimate of drug-likeness (QED) is 0.172. The molecule has 0 unspecified atom stereocenters. The number of halogens is 1. The van der Waals surface area contributed by atoms with Crippen LogP contribution in [0.25, 0.3) is 21.9 Å². The molecule has 2 aromatic carbocycles. The van der Waals surface area contributed by atoms with E-state index < -0.39 is 30.5 Å². The van der Waals surface area contributed by atoms with Crippen molar-refractivity contribution in [1.29, 1.82) is 0 Å². The van der Waals surface area contributed by atoms with Crippen LogP contribution < -0.4 is 10.6 Å². The van der Waals surface area contributed by atoms with E-state index in [2.05, 4.69) is 25.9 Å². The van der Waals surface area contributed by atoms with Crippen LogP contribution in [0.15, 0.2) is 48.5 Å². The summed E-state index contributed by atoms with van der Waals surface area (Å²) < 4.78 is 26.4. The first kappa shape index (κ1) is 38.4. The number of alkyl carbamates (subject to hydrolysis) is 1. The maximum Gasteiger partial charge on any atom is 0.407 e. The molecule has 13 nitrogen and oxygen atoms in total. The molecule has 3 N–H and O–H groups in total. The molecular formula is C41H52FN7O6. The van der Waals surface area contributed by atoms with E-state index in [4.69, 9.17) is 9.47 Å². The van der Waals surface area contributed by atoms with E-state index in [1.54, 1.807) is 57.0 Å². The highest BCUT2D eigenvalue weighted by molar-refractivity contribution is 6.04. The summed E-state index contributed by atoms with van der Waals surface area (Å²) in [6.07, 6.45) is 6.31. The molecule has 2 aliphatic carbocycles. The van der Waals surface area contributed by atoms with Crippen LogP contribution in [0.5, 0.6) is 0 Å². The minimum Gasteiger partial charge on any atom is -0.444 e. The molecule has 2 aromatic heterocycles. The number of likely N-dealkylation sites (tertiary alicyclic amines) is 1. The zero-order valence-electron chi connectivity index (χ0n) is 32.1. The Bertz CT molecular complexity index is 2020. The molecule has 3 atom stereocenters. The smallest absolute Gasteiger partial charge is 0.407 e. The molecule has 1 aliphatic heterocycles. The molecule has 7 rings (SSSR count). The van der Waals surface area contributed by atoms with E-state index in [0.717, 1.165) is 43.0 Å². The normalized spacial score (nSPS) is 25.1. The van der Waals surface area contributed by atoms with Crippen LogP contribution in [-0.4, -0.2) is 92.8 Å². The first-order valence-corrected chi connectivity index (χ1v) is 19.6. The van der Waals surface area contributed by atoms with Crippen LogP contribution in [-0.2, 0) is 19.1 Å². The predicted octanol–water partition coefficient (Wildman–Crippen LogP) is 6.63. The number of H-pyrrole nitrogens is 1. The van der Waals surface area contributed by atoms with Gasteiger partial charge in [-0.25, -0.2) is 9.18 Å². The monoisotopic (exact) mass is 757 g/mol. The number of para-hydroxylation sites is 1. The first-order chi connectivity index (χ1) is 26.4. The summed E-state index contributed by atoms with van der Waals surface area (Å²) in [5.74, 6) is -0.720. The van der Waals surface area contributed by atoms with Gasteiger partial charge in [0, 0.05) is 36.2 Å². The number of ether oxygens (including phenoxy) is 2. The molecule has 294 valence electrons. The Balaban J connectivity index is 1.05. The van der Waals surface area contributed by atoms with E-state index in [0.29, 0.717) is 54.6 Å². The van der Waals surface area contributed by atoms with E-state index in [1.807, 2.05) is 24.3 Å². The number of hydrogen-bond donors (Lipinski definition) is 3. The zero-order chi connectivity index (χ0) is 38.9. The Hall–Kier alpha value is -4.85. The highest BCUT2D eigenvalue weighted by Crippen LogP contribution is 2.42. The lowest BCUT2D eigenvalue weighted by Gasteiger charge is -2.38. The Morgan fingerprint density at radius 3 is 2.42 bits per heavy atom. The largest absolute Gasteiger partial charge is 0.444 e. The van der Waals surface area contributed by atoms with Gasteiger partial charge in [-0.3, -0.25) is 14.4 Å². The number of anilines is 1. The SMILES string of the molecule is CO[C@H]1CC[C@H]([C@@H]2CCN(C(=O)[C@H]3CC[C@H]([C@@H](CF)NC(=O)OC(C)(C)C)CC3)[C@@H]2C(=O)Nc2ccc3[nH]c(C(=O)n4nnc5ccccc54)cc3c2)CC1. The maximum atomic E-state index is 14.4. The molecule has 1 saturated heterocycles. The van der Waals surface area contributed by atoms with Crippen LogP contribution in [0, 0.1) is 23.7 Å². The second-order valence-electron chi connectivity index (χ2n) is 16.5. The Kier molecular flexibility index (Phi) is 11.2. The van der Waals surface area contributed by atoms with Crippen molar-refractivity contribution < 1.29 is 33.0 Å². The van der Waals surface area contributed by atoms with Gasteiger partial charge in [-0.15, -0.1) is 5.10 Å². The lowest BCUT2D eigenvalue weighted by molar-refractivity contribution is -0.142. The average molecular weight is 758 g/mol. The van der Waals surface area contributed by atoms with Crippen molar-refractivity contribution in [2.45, 2.75) is 102 Å². The fourth-order valence-corrected chi connectivity index (χ4v) is 9.06. The summed E-state index contributed by atoms with van der Waals surface area (Å²) in [6.45, 7) is 5.07. The highest BCUT2D eigenvalue weighted by Gasteiger charge is 2.47. The molecular weight excluding hydrogens is 705 g/mol. The third kappa shape index (κ3) is 8.39. The maximum absolute atomic E-state index is 14.4. The van der Waals surface area contributed by atoms with Crippen molar-refractivity contribution >= 4 is 51.4 Å². The van der Waals surface area contributed by atoms with Crippen molar-refractivity contribution in [2.75, 3.05) is 25.6 Å². The van der Waals surface area contributed by atoms with Gasteiger partial charge >= 0.3 is 6.09 Å². The third-order valence-electron chi connectivity index (χ3n) is 11.9. The molecule has 3 aliphatic rings. The number of nitrogens with zero attached hydrogens (tertiary/aromatic N) is 4. The number of benzene rings is 2. The molecule has 14 heteroatoms. The average Bonchev–Trinajstić information content (AvgIpc) is 3.93. The second-order valence-corrected chi connectivity index (χ2v) is 16.5. The lowest BCUT2D eigenvalue weighted by Crippen LogP contribution is -2.50. The summed E-state index contributed by atoms with van der Waals surface area (Å²) in [4.78, 5) is 59.5. The number of carbonyl (C=O) groups is 4. The van der Waals surface area contributed by atoms with Crippen molar-refractivity contribution in [3.63, 3.8) is 0 Å². The Labute approximate surface area is 320 Å². The number of rotatable bonds is 9. The van der Waals surface area contributed by atoms with Crippen LogP contribution in [0.4, 0.5) is 14.9 Å².